The maximum atomic E-state index is 12.7. The third-order valence-corrected chi connectivity index (χ3v) is 7.45. The molecule has 0 aromatic heterocycles. The van der Waals surface area contributed by atoms with Crippen molar-refractivity contribution in [3.63, 3.8) is 0 Å². The number of rotatable bonds is 16. The smallest absolute Gasteiger partial charge is 1.00 e. The van der Waals surface area contributed by atoms with Gasteiger partial charge in [-0.25, -0.2) is 0 Å². The van der Waals surface area contributed by atoms with E-state index in [-0.39, 0.29) is 85.0 Å². The Bertz CT molecular complexity index is 1090. The normalized spacial score (nSPS) is 11.4. The Hall–Kier alpha value is 0.0600. The maximum Gasteiger partial charge on any atom is 1.00 e. The summed E-state index contributed by atoms with van der Waals surface area (Å²) in [6.07, 6.45) is 11.3. The molecule has 0 atom stereocenters. The summed E-state index contributed by atoms with van der Waals surface area (Å²) >= 11 is 0. The van der Waals surface area contributed by atoms with Crippen molar-refractivity contribution in [2.45, 2.75) is 80.9 Å². The zero-order valence-corrected chi connectivity index (χ0v) is 26.7. The Balaban J connectivity index is -0.00000289. The van der Waals surface area contributed by atoms with Crippen molar-refractivity contribution < 1.29 is 92.3 Å². The average Bonchev–Trinajstić information content (AvgIpc) is 2.77. The van der Waals surface area contributed by atoms with Crippen LogP contribution in [-0.2, 0) is 24.4 Å². The van der Waals surface area contributed by atoms with Gasteiger partial charge in [0, 0.05) is 0 Å². The second kappa shape index (κ2) is 18.3. The number of unbranched alkanes of at least 4 members (excludes halogenated alkanes) is 9. The summed E-state index contributed by atoms with van der Waals surface area (Å²) in [5.74, 6) is -0.269. The molecule has 0 aliphatic heterocycles. The first kappa shape index (κ1) is 35.1. The second-order valence-corrected chi connectivity index (χ2v) is 10.9. The monoisotopic (exact) mass is 546 g/mol. The molecular weight excluding hydrogens is 510 g/mol. The van der Waals surface area contributed by atoms with Crippen LogP contribution in [0.15, 0.2) is 58.3 Å². The molecule has 0 bridgehead atoms. The van der Waals surface area contributed by atoms with Crippen LogP contribution in [0.25, 0.3) is 0 Å². The van der Waals surface area contributed by atoms with Crippen LogP contribution in [0.2, 0.25) is 0 Å². The Morgan fingerprint density at radius 2 is 1.11 bits per heavy atom. The maximum absolute atomic E-state index is 12.7. The molecule has 0 spiro atoms. The summed E-state index contributed by atoms with van der Waals surface area (Å²) in [6, 6.07) is 11.3. The van der Waals surface area contributed by atoms with Crippen molar-refractivity contribution in [2.75, 3.05) is 6.61 Å². The van der Waals surface area contributed by atoms with Gasteiger partial charge >= 0.3 is 69.2 Å². The average molecular weight is 547 g/mol. The van der Waals surface area contributed by atoms with Gasteiger partial charge in [-0.3, -0.25) is 8.74 Å². The van der Waals surface area contributed by atoms with Gasteiger partial charge in [0.25, 0.3) is 10.1 Å². The Morgan fingerprint density at radius 1 is 0.686 bits per heavy atom. The minimum atomic E-state index is -4.54. The summed E-state index contributed by atoms with van der Waals surface area (Å²) in [4.78, 5) is -0.661. The van der Waals surface area contributed by atoms with Crippen molar-refractivity contribution in [3.8, 4) is 11.5 Å². The van der Waals surface area contributed by atoms with Crippen LogP contribution in [0.1, 0.15) is 74.0 Å². The largest absolute Gasteiger partial charge is 1.00 e. The van der Waals surface area contributed by atoms with Gasteiger partial charge in [-0.2, -0.15) is 16.8 Å². The second-order valence-electron chi connectivity index (χ2n) is 7.93. The first-order chi connectivity index (χ1) is 15.8. The van der Waals surface area contributed by atoms with E-state index >= 15 is 0 Å². The van der Waals surface area contributed by atoms with Crippen LogP contribution in [0.4, 0.5) is 0 Å². The van der Waals surface area contributed by atoms with E-state index in [9.17, 15) is 21.4 Å². The van der Waals surface area contributed by atoms with Gasteiger partial charge < -0.3 is 7.59 Å². The van der Waals surface area contributed by atoms with E-state index in [1.807, 2.05) is 0 Å². The SMILES string of the molecule is CCCCCCCCCCCCOS(=O)(=O)c1ccccc1Oc1ccccc1S(=O)(=O)O.[H-].[H-].[Na+].[Na+]. The molecule has 188 valence electrons. The molecule has 11 heteroatoms. The fourth-order valence-electron chi connectivity index (χ4n) is 3.43. The predicted octanol–water partition coefficient (Wildman–Crippen LogP) is 0.585. The Morgan fingerprint density at radius 3 is 1.63 bits per heavy atom. The summed E-state index contributed by atoms with van der Waals surface area (Å²) in [5, 5.41) is 0. The van der Waals surface area contributed by atoms with Gasteiger partial charge in [0.2, 0.25) is 0 Å². The molecule has 35 heavy (non-hydrogen) atoms. The quantitative estimate of drug-likeness (QED) is 0.142. The standard InChI is InChI=1S/C24H34O7S2.2Na.2H/c1-2-3-4-5-6-7-8-9-10-15-20-30-33(28,29)24-19-14-12-17-22(24)31-21-16-11-13-18-23(21)32(25,26)27;;;;/h11-14,16-19H,2-10,15,20H2,1H3,(H,25,26,27);;;;/q;2*+1;2*-1. The third kappa shape index (κ3) is 12.9. The van der Waals surface area contributed by atoms with Crippen LogP contribution >= 0.6 is 0 Å². The van der Waals surface area contributed by atoms with Gasteiger partial charge in [-0.1, -0.05) is 89.0 Å². The van der Waals surface area contributed by atoms with Crippen molar-refractivity contribution in [2.24, 2.45) is 0 Å². The Kier molecular flexibility index (Phi) is 18.4. The predicted molar refractivity (Wildman–Crippen MR) is 130 cm³/mol. The molecular formula is C24H36Na2O7S2. The molecule has 2 rings (SSSR count). The molecule has 0 aliphatic carbocycles. The van der Waals surface area contributed by atoms with E-state index in [4.69, 9.17) is 8.92 Å². The molecule has 0 aliphatic rings. The molecule has 0 radical (unpaired) electrons. The number of hydrogen-bond donors (Lipinski definition) is 1. The van der Waals surface area contributed by atoms with Gasteiger partial charge in [-0.15, -0.1) is 0 Å². The molecule has 0 heterocycles. The van der Waals surface area contributed by atoms with E-state index in [0.717, 1.165) is 19.3 Å². The molecule has 0 saturated heterocycles. The van der Waals surface area contributed by atoms with Crippen LogP contribution in [-0.4, -0.2) is 28.0 Å². The molecule has 2 aromatic carbocycles. The molecule has 0 amide bonds. The molecule has 2 aromatic rings. The zero-order valence-electron chi connectivity index (χ0n) is 23.1. The zero-order chi connectivity index (χ0) is 24.2. The van der Waals surface area contributed by atoms with E-state index < -0.39 is 25.1 Å². The van der Waals surface area contributed by atoms with E-state index in [2.05, 4.69) is 6.92 Å². The molecule has 0 unspecified atom stereocenters. The first-order valence-corrected chi connectivity index (χ1v) is 14.3. The fraction of sp³-hybridized carbons (Fsp3) is 0.500. The summed E-state index contributed by atoms with van der Waals surface area (Å²) in [5.41, 5.74) is 0. The van der Waals surface area contributed by atoms with Crippen LogP contribution in [0.3, 0.4) is 0 Å². The first-order valence-electron chi connectivity index (χ1n) is 11.5. The van der Waals surface area contributed by atoms with Gasteiger partial charge in [0.05, 0.1) is 6.61 Å². The minimum absolute atomic E-state index is 0. The summed E-state index contributed by atoms with van der Waals surface area (Å²) < 4.78 is 68.7. The fourth-order valence-corrected chi connectivity index (χ4v) is 5.11. The van der Waals surface area contributed by atoms with Crippen LogP contribution in [0, 0.1) is 0 Å². The van der Waals surface area contributed by atoms with Gasteiger partial charge in [0.15, 0.2) is 0 Å². The van der Waals surface area contributed by atoms with Gasteiger partial charge in [0.1, 0.15) is 21.3 Å². The summed E-state index contributed by atoms with van der Waals surface area (Å²) in [6.45, 7) is 2.27. The molecule has 0 fully saturated rings. The number of ether oxygens (including phenoxy) is 1. The molecule has 0 saturated carbocycles. The minimum Gasteiger partial charge on any atom is -1.00 e. The van der Waals surface area contributed by atoms with Crippen molar-refractivity contribution in [1.29, 1.82) is 0 Å². The van der Waals surface area contributed by atoms with E-state index in [1.165, 1.54) is 81.0 Å². The number of hydrogen-bond acceptors (Lipinski definition) is 6. The number of benzene rings is 2. The van der Waals surface area contributed by atoms with E-state index in [0.29, 0.717) is 6.42 Å². The number of para-hydroxylation sites is 2. The molecule has 7 nitrogen and oxygen atoms in total. The molecule has 1 N–H and O–H groups in total. The van der Waals surface area contributed by atoms with Gasteiger partial charge in [-0.05, 0) is 30.7 Å². The van der Waals surface area contributed by atoms with Crippen LogP contribution in [0.5, 0.6) is 11.5 Å². The Labute approximate surface area is 257 Å². The topological polar surface area (TPSA) is 107 Å². The summed E-state index contributed by atoms with van der Waals surface area (Å²) in [7, 11) is -8.65. The van der Waals surface area contributed by atoms with Crippen LogP contribution < -0.4 is 63.9 Å². The third-order valence-electron chi connectivity index (χ3n) is 5.20. The van der Waals surface area contributed by atoms with Crippen molar-refractivity contribution in [3.05, 3.63) is 48.5 Å². The van der Waals surface area contributed by atoms with Crippen molar-refractivity contribution >= 4 is 20.2 Å². The van der Waals surface area contributed by atoms with Crippen molar-refractivity contribution in [1.82, 2.24) is 0 Å². The van der Waals surface area contributed by atoms with E-state index in [1.54, 1.807) is 6.07 Å².